The molecule has 82 valence electrons. The normalized spacial score (nSPS) is 14.8. The highest BCUT2D eigenvalue weighted by molar-refractivity contribution is 14.1. The molecule has 1 atom stereocenters. The average molecular weight is 335 g/mol. The summed E-state index contributed by atoms with van der Waals surface area (Å²) >= 11 is 3.77. The largest absolute Gasteiger partial charge is 0.388 e. The second kappa shape index (κ2) is 6.40. The van der Waals surface area contributed by atoms with Crippen molar-refractivity contribution in [1.29, 1.82) is 0 Å². The first-order chi connectivity index (χ1) is 7.13. The Kier molecular flexibility index (Phi) is 5.49. The summed E-state index contributed by atoms with van der Waals surface area (Å²) in [5.74, 6) is 0. The predicted octanol–water partition coefficient (Wildman–Crippen LogP) is 3.55. The van der Waals surface area contributed by atoms with Crippen LogP contribution in [-0.2, 0) is 0 Å². The molecule has 1 heterocycles. The van der Waals surface area contributed by atoms with Crippen LogP contribution in [0.5, 0.6) is 0 Å². The fourth-order valence-corrected chi connectivity index (χ4v) is 2.01. The van der Waals surface area contributed by atoms with Crippen LogP contribution in [-0.4, -0.2) is 16.2 Å². The molecule has 0 unspecified atom stereocenters. The Bertz CT molecular complexity index is 370. The summed E-state index contributed by atoms with van der Waals surface area (Å²) in [4.78, 5) is 4.32. The third-order valence-electron chi connectivity index (χ3n) is 1.99. The van der Waals surface area contributed by atoms with E-state index in [9.17, 15) is 5.11 Å². The zero-order valence-electron chi connectivity index (χ0n) is 8.77. The van der Waals surface area contributed by atoms with Crippen LogP contribution in [0.25, 0.3) is 6.08 Å². The van der Waals surface area contributed by atoms with Gasteiger partial charge in [-0.3, -0.25) is 0 Å². The van der Waals surface area contributed by atoms with Gasteiger partial charge >= 0.3 is 0 Å². The molecule has 0 aliphatic heterocycles. The lowest BCUT2D eigenvalue weighted by molar-refractivity contribution is 0.215. The molecule has 1 aromatic rings. The highest BCUT2D eigenvalue weighted by Gasteiger charge is 2.04. The maximum atomic E-state index is 9.77. The van der Waals surface area contributed by atoms with Gasteiger partial charge in [-0.2, -0.15) is 0 Å². The Morgan fingerprint density at radius 1 is 1.73 bits per heavy atom. The summed E-state index contributed by atoms with van der Waals surface area (Å²) in [6.45, 7) is 3.91. The van der Waals surface area contributed by atoms with Crippen molar-refractivity contribution in [2.45, 2.75) is 26.4 Å². The number of aromatic nitrogens is 1. The number of thiazole rings is 1. The molecule has 0 aromatic carbocycles. The molecule has 1 rings (SSSR count). The van der Waals surface area contributed by atoms with Crippen LogP contribution in [0.4, 0.5) is 0 Å². The Hall–Kier alpha value is -0.200. The smallest absolute Gasteiger partial charge is 0.0901 e. The van der Waals surface area contributed by atoms with Gasteiger partial charge in [0.2, 0.25) is 0 Å². The van der Waals surface area contributed by atoms with E-state index in [2.05, 4.69) is 27.6 Å². The van der Waals surface area contributed by atoms with Crippen LogP contribution in [0.2, 0.25) is 0 Å². The lowest BCUT2D eigenvalue weighted by Crippen LogP contribution is -2.06. The molecule has 0 aliphatic carbocycles. The summed E-state index contributed by atoms with van der Waals surface area (Å²) in [7, 11) is 0. The van der Waals surface area contributed by atoms with E-state index in [-0.39, 0.29) is 0 Å². The molecule has 1 N–H and O–H groups in total. The minimum atomic E-state index is -0.405. The van der Waals surface area contributed by atoms with Gasteiger partial charge in [0.15, 0.2) is 0 Å². The first-order valence-corrected chi connectivity index (χ1v) is 6.79. The first kappa shape index (κ1) is 12.9. The first-order valence-electron chi connectivity index (χ1n) is 4.67. The molecule has 0 saturated carbocycles. The molecule has 0 spiro atoms. The minimum Gasteiger partial charge on any atom is -0.388 e. The van der Waals surface area contributed by atoms with Crippen molar-refractivity contribution in [3.63, 3.8) is 0 Å². The van der Waals surface area contributed by atoms with Gasteiger partial charge in [-0.05, 0) is 36.0 Å². The fourth-order valence-electron chi connectivity index (χ4n) is 1.14. The summed E-state index contributed by atoms with van der Waals surface area (Å²) in [5.41, 5.74) is 1.89. The third kappa shape index (κ3) is 4.44. The highest BCUT2D eigenvalue weighted by atomic mass is 127. The molecule has 0 aliphatic rings. The van der Waals surface area contributed by atoms with Crippen molar-refractivity contribution in [1.82, 2.24) is 4.98 Å². The highest BCUT2D eigenvalue weighted by Crippen LogP contribution is 2.15. The van der Waals surface area contributed by atoms with Gasteiger partial charge in [0.05, 0.1) is 16.8 Å². The number of hydrogen-bond acceptors (Lipinski definition) is 3. The average Bonchev–Trinajstić information content (AvgIpc) is 2.60. The number of halogens is 1. The number of rotatable bonds is 4. The summed E-state index contributed by atoms with van der Waals surface area (Å²) < 4.78 is 1.92. The Morgan fingerprint density at radius 3 is 3.00 bits per heavy atom. The lowest BCUT2D eigenvalue weighted by Gasteiger charge is -2.07. The van der Waals surface area contributed by atoms with Gasteiger partial charge in [-0.25, -0.2) is 4.98 Å². The summed E-state index contributed by atoms with van der Waals surface area (Å²) in [5, 5.41) is 12.8. The number of aliphatic hydroxyl groups excluding tert-OH is 1. The van der Waals surface area contributed by atoms with Crippen LogP contribution >= 0.6 is 33.9 Å². The number of hydrogen-bond donors (Lipinski definition) is 1. The van der Waals surface area contributed by atoms with Crippen molar-refractivity contribution >= 4 is 40.0 Å². The van der Waals surface area contributed by atoms with Gasteiger partial charge in [0.25, 0.3) is 0 Å². The van der Waals surface area contributed by atoms with Gasteiger partial charge in [0, 0.05) is 5.38 Å². The van der Waals surface area contributed by atoms with Crippen LogP contribution in [0.3, 0.4) is 0 Å². The fraction of sp³-hybridized carbons (Fsp3) is 0.364. The van der Waals surface area contributed by atoms with Crippen molar-refractivity contribution < 1.29 is 5.11 Å². The topological polar surface area (TPSA) is 33.1 Å². The van der Waals surface area contributed by atoms with E-state index < -0.39 is 6.10 Å². The zero-order valence-corrected chi connectivity index (χ0v) is 11.7. The summed E-state index contributed by atoms with van der Waals surface area (Å²) in [6.07, 6.45) is 4.15. The third-order valence-corrected chi connectivity index (χ3v) is 3.29. The molecule has 4 heteroatoms. The van der Waals surface area contributed by atoms with Crippen LogP contribution < -0.4 is 0 Å². The molecular formula is C11H14INOS. The number of aryl methyl sites for hydroxylation is 1. The van der Waals surface area contributed by atoms with Gasteiger partial charge < -0.3 is 5.11 Å². The van der Waals surface area contributed by atoms with Crippen molar-refractivity contribution in [3.05, 3.63) is 31.8 Å². The molecule has 0 bridgehead atoms. The van der Waals surface area contributed by atoms with Gasteiger partial charge in [-0.1, -0.05) is 28.7 Å². The molecular weight excluding hydrogens is 321 g/mol. The molecule has 0 amide bonds. The van der Waals surface area contributed by atoms with E-state index in [0.717, 1.165) is 16.3 Å². The molecule has 0 radical (unpaired) electrons. The quantitative estimate of drug-likeness (QED) is 0.854. The maximum absolute atomic E-state index is 9.77. The van der Waals surface area contributed by atoms with Crippen molar-refractivity contribution in [2.75, 3.05) is 0 Å². The van der Waals surface area contributed by atoms with E-state index in [0.29, 0.717) is 6.42 Å². The second-order valence-electron chi connectivity index (χ2n) is 3.29. The Labute approximate surface area is 108 Å². The number of nitrogens with zero attached hydrogens (tertiary/aromatic N) is 1. The number of aliphatic hydroxyl groups is 1. The Morgan fingerprint density at radius 2 is 2.47 bits per heavy atom. The van der Waals surface area contributed by atoms with E-state index in [1.807, 2.05) is 35.5 Å². The van der Waals surface area contributed by atoms with Crippen LogP contribution in [0.15, 0.2) is 21.1 Å². The Balaban J connectivity index is 2.66. The van der Waals surface area contributed by atoms with Gasteiger partial charge in [0.1, 0.15) is 0 Å². The van der Waals surface area contributed by atoms with E-state index in [1.54, 1.807) is 11.3 Å². The van der Waals surface area contributed by atoms with Crippen LogP contribution in [0.1, 0.15) is 24.0 Å². The molecule has 15 heavy (non-hydrogen) atoms. The monoisotopic (exact) mass is 335 g/mol. The van der Waals surface area contributed by atoms with E-state index in [4.69, 9.17) is 0 Å². The molecule has 0 saturated heterocycles. The van der Waals surface area contributed by atoms with Gasteiger partial charge in [-0.15, -0.1) is 11.3 Å². The molecule has 0 fully saturated rings. The lowest BCUT2D eigenvalue weighted by atomic mass is 10.1. The SMILES string of the molecule is C/C(=C\c1csc(C)n1)[C@@H](O)C/C=C\I. The van der Waals surface area contributed by atoms with Crippen LogP contribution in [0, 0.1) is 6.92 Å². The summed E-state index contributed by atoms with van der Waals surface area (Å²) in [6, 6.07) is 0. The molecule has 2 nitrogen and oxygen atoms in total. The predicted molar refractivity (Wildman–Crippen MR) is 74.3 cm³/mol. The minimum absolute atomic E-state index is 0.405. The van der Waals surface area contributed by atoms with E-state index >= 15 is 0 Å². The maximum Gasteiger partial charge on any atom is 0.0901 e. The zero-order chi connectivity index (χ0) is 11.3. The van der Waals surface area contributed by atoms with Crippen molar-refractivity contribution in [2.24, 2.45) is 0 Å². The standard InChI is InChI=1S/C11H14INOS/c1-8(11(14)4-3-5-12)6-10-7-15-9(2)13-10/h3,5-7,11,14H,4H2,1-2H3/b5-3-,8-6+/t11-/m0/s1. The molecule has 1 aromatic heterocycles. The van der Waals surface area contributed by atoms with Crippen molar-refractivity contribution in [3.8, 4) is 0 Å². The second-order valence-corrected chi connectivity index (χ2v) is 5.07. The van der Waals surface area contributed by atoms with E-state index in [1.165, 1.54) is 0 Å².